The van der Waals surface area contributed by atoms with Crippen LogP contribution in [-0.2, 0) is 0 Å². The van der Waals surface area contributed by atoms with Gasteiger partial charge in [0.2, 0.25) is 0 Å². The molecule has 0 bridgehead atoms. The van der Waals surface area contributed by atoms with E-state index >= 15 is 0 Å². The SMILES string of the molecule is Nc1nccnc1C(=O)O.O=C(O)c1cnccn1. The highest BCUT2D eigenvalue weighted by atomic mass is 16.4. The Labute approximate surface area is 106 Å². The van der Waals surface area contributed by atoms with E-state index in [2.05, 4.69) is 19.9 Å². The molecular weight excluding hydrogens is 254 g/mol. The van der Waals surface area contributed by atoms with Crippen LogP contribution in [0, 0.1) is 0 Å². The monoisotopic (exact) mass is 263 g/mol. The van der Waals surface area contributed by atoms with E-state index in [1.54, 1.807) is 0 Å². The standard InChI is InChI=1S/C5H5N3O2.C5H4N2O2/c6-4-3(5(9)10)7-1-2-8-4;8-5(9)4-3-6-1-2-7-4/h1-2H,(H2,6,8)(H,9,10);1-3H,(H,8,9). The summed E-state index contributed by atoms with van der Waals surface area (Å²) in [6.45, 7) is 0. The van der Waals surface area contributed by atoms with E-state index in [1.807, 2.05) is 0 Å². The van der Waals surface area contributed by atoms with Crippen molar-refractivity contribution in [3.05, 3.63) is 42.4 Å². The van der Waals surface area contributed by atoms with Crippen LogP contribution < -0.4 is 5.73 Å². The van der Waals surface area contributed by atoms with Crippen molar-refractivity contribution in [2.45, 2.75) is 0 Å². The average molecular weight is 263 g/mol. The molecule has 0 unspecified atom stereocenters. The zero-order valence-electron chi connectivity index (χ0n) is 9.46. The fourth-order valence-corrected chi connectivity index (χ4v) is 0.923. The first-order valence-corrected chi connectivity index (χ1v) is 4.81. The largest absolute Gasteiger partial charge is 0.476 e. The Morgan fingerprint density at radius 2 is 1.58 bits per heavy atom. The van der Waals surface area contributed by atoms with Crippen molar-refractivity contribution in [3.8, 4) is 0 Å². The summed E-state index contributed by atoms with van der Waals surface area (Å²) in [4.78, 5) is 34.4. The molecule has 0 saturated heterocycles. The summed E-state index contributed by atoms with van der Waals surface area (Å²) in [5.74, 6) is -2.27. The number of anilines is 1. The summed E-state index contributed by atoms with van der Waals surface area (Å²) < 4.78 is 0. The molecule has 0 aromatic carbocycles. The molecule has 9 nitrogen and oxygen atoms in total. The zero-order chi connectivity index (χ0) is 14.3. The van der Waals surface area contributed by atoms with Crippen molar-refractivity contribution in [3.63, 3.8) is 0 Å². The summed E-state index contributed by atoms with van der Waals surface area (Å²) in [5.41, 5.74) is 4.93. The van der Waals surface area contributed by atoms with Gasteiger partial charge in [0.15, 0.2) is 17.2 Å². The molecule has 0 aliphatic heterocycles. The van der Waals surface area contributed by atoms with Gasteiger partial charge < -0.3 is 15.9 Å². The molecule has 0 amide bonds. The van der Waals surface area contributed by atoms with Gasteiger partial charge in [-0.3, -0.25) is 4.98 Å². The molecule has 0 aliphatic carbocycles. The predicted octanol–water partition coefficient (Wildman–Crippen LogP) is -0.0682. The molecule has 19 heavy (non-hydrogen) atoms. The van der Waals surface area contributed by atoms with Gasteiger partial charge in [-0.15, -0.1) is 0 Å². The maximum Gasteiger partial charge on any atom is 0.358 e. The molecule has 0 aliphatic rings. The third-order valence-corrected chi connectivity index (χ3v) is 1.71. The topological polar surface area (TPSA) is 152 Å². The minimum atomic E-state index is -1.16. The average Bonchev–Trinajstić information content (AvgIpc) is 2.40. The number of aromatic carboxylic acids is 2. The van der Waals surface area contributed by atoms with Gasteiger partial charge >= 0.3 is 11.9 Å². The number of aromatic nitrogens is 4. The number of hydrogen-bond acceptors (Lipinski definition) is 7. The number of carboxylic acids is 2. The molecule has 2 rings (SSSR count). The molecule has 0 fully saturated rings. The highest BCUT2D eigenvalue weighted by Crippen LogP contribution is 2.00. The first-order chi connectivity index (χ1) is 9.02. The van der Waals surface area contributed by atoms with Gasteiger partial charge in [-0.25, -0.2) is 24.5 Å². The van der Waals surface area contributed by atoms with Gasteiger partial charge in [-0.1, -0.05) is 0 Å². The summed E-state index contributed by atoms with van der Waals surface area (Å²) in [6.07, 6.45) is 6.57. The Balaban J connectivity index is 0.000000191. The lowest BCUT2D eigenvalue weighted by Gasteiger charge is -1.94. The Bertz CT molecular complexity index is 575. The molecule has 2 heterocycles. The Morgan fingerprint density at radius 1 is 0.947 bits per heavy atom. The molecule has 98 valence electrons. The van der Waals surface area contributed by atoms with Crippen molar-refractivity contribution >= 4 is 17.8 Å². The number of carbonyl (C=O) groups is 2. The molecule has 2 aromatic heterocycles. The van der Waals surface area contributed by atoms with E-state index in [0.717, 1.165) is 0 Å². The maximum atomic E-state index is 10.2. The smallest absolute Gasteiger partial charge is 0.358 e. The van der Waals surface area contributed by atoms with E-state index in [9.17, 15) is 9.59 Å². The predicted molar refractivity (Wildman–Crippen MR) is 62.4 cm³/mol. The lowest BCUT2D eigenvalue weighted by Crippen LogP contribution is -2.06. The first kappa shape index (κ1) is 14.0. The molecule has 0 spiro atoms. The van der Waals surface area contributed by atoms with Crippen molar-refractivity contribution in [2.75, 3.05) is 5.73 Å². The fraction of sp³-hybridized carbons (Fsp3) is 0. The van der Waals surface area contributed by atoms with Gasteiger partial charge in [0.05, 0.1) is 6.20 Å². The van der Waals surface area contributed by atoms with Crippen molar-refractivity contribution in [1.82, 2.24) is 19.9 Å². The summed E-state index contributed by atoms with van der Waals surface area (Å²) >= 11 is 0. The van der Waals surface area contributed by atoms with Crippen molar-refractivity contribution in [1.29, 1.82) is 0 Å². The van der Waals surface area contributed by atoms with Gasteiger partial charge in [0.25, 0.3) is 0 Å². The lowest BCUT2D eigenvalue weighted by molar-refractivity contribution is 0.0680. The van der Waals surface area contributed by atoms with Gasteiger partial charge in [-0.2, -0.15) is 0 Å². The second-order valence-electron chi connectivity index (χ2n) is 2.99. The van der Waals surface area contributed by atoms with Gasteiger partial charge in [0.1, 0.15) is 0 Å². The van der Waals surface area contributed by atoms with Crippen LogP contribution in [-0.4, -0.2) is 42.1 Å². The fourth-order valence-electron chi connectivity index (χ4n) is 0.923. The molecular formula is C10H9N5O4. The van der Waals surface area contributed by atoms with Crippen molar-refractivity contribution < 1.29 is 19.8 Å². The third-order valence-electron chi connectivity index (χ3n) is 1.71. The van der Waals surface area contributed by atoms with Crippen LogP contribution in [0.1, 0.15) is 21.0 Å². The number of rotatable bonds is 2. The van der Waals surface area contributed by atoms with E-state index in [-0.39, 0.29) is 17.2 Å². The molecule has 0 radical (unpaired) electrons. The minimum Gasteiger partial charge on any atom is -0.476 e. The second-order valence-corrected chi connectivity index (χ2v) is 2.99. The number of hydrogen-bond donors (Lipinski definition) is 3. The number of carboxylic acid groups (broad SMARTS) is 2. The van der Waals surface area contributed by atoms with Crippen LogP contribution in [0.15, 0.2) is 31.0 Å². The highest BCUT2D eigenvalue weighted by molar-refractivity contribution is 5.89. The molecule has 9 heteroatoms. The minimum absolute atomic E-state index is 0.0301. The van der Waals surface area contributed by atoms with E-state index in [0.29, 0.717) is 0 Å². The highest BCUT2D eigenvalue weighted by Gasteiger charge is 2.07. The zero-order valence-corrected chi connectivity index (χ0v) is 9.46. The van der Waals surface area contributed by atoms with E-state index in [1.165, 1.54) is 31.0 Å². The van der Waals surface area contributed by atoms with Gasteiger partial charge in [-0.05, 0) is 0 Å². The van der Waals surface area contributed by atoms with E-state index in [4.69, 9.17) is 15.9 Å². The van der Waals surface area contributed by atoms with Crippen molar-refractivity contribution in [2.24, 2.45) is 0 Å². The molecule has 0 saturated carbocycles. The van der Waals surface area contributed by atoms with Gasteiger partial charge in [0, 0.05) is 24.8 Å². The maximum absolute atomic E-state index is 10.2. The van der Waals surface area contributed by atoms with Crippen LogP contribution in [0.25, 0.3) is 0 Å². The lowest BCUT2D eigenvalue weighted by atomic mass is 10.4. The number of nitrogen functional groups attached to an aromatic ring is 1. The molecule has 0 atom stereocenters. The van der Waals surface area contributed by atoms with Crippen LogP contribution >= 0.6 is 0 Å². The first-order valence-electron chi connectivity index (χ1n) is 4.81. The molecule has 2 aromatic rings. The summed E-state index contributed by atoms with van der Waals surface area (Å²) in [7, 11) is 0. The molecule has 4 N–H and O–H groups in total. The van der Waals surface area contributed by atoms with E-state index < -0.39 is 11.9 Å². The Morgan fingerprint density at radius 3 is 1.95 bits per heavy atom. The van der Waals surface area contributed by atoms with Crippen LogP contribution in [0.3, 0.4) is 0 Å². The normalized spacial score (nSPS) is 9.05. The summed E-state index contributed by atoms with van der Waals surface area (Å²) in [5, 5.41) is 16.7. The Hall–Kier alpha value is -3.10. The second kappa shape index (κ2) is 6.59. The van der Waals surface area contributed by atoms with Crippen LogP contribution in [0.2, 0.25) is 0 Å². The van der Waals surface area contributed by atoms with Crippen LogP contribution in [0.5, 0.6) is 0 Å². The third kappa shape index (κ3) is 4.34. The number of nitrogens with two attached hydrogens (primary N) is 1. The summed E-state index contributed by atoms with van der Waals surface area (Å²) in [6, 6.07) is 0. The van der Waals surface area contributed by atoms with Crippen LogP contribution in [0.4, 0.5) is 5.82 Å². The number of nitrogens with zero attached hydrogens (tertiary/aromatic N) is 4. The Kier molecular flexibility index (Phi) is 4.84. The quantitative estimate of drug-likeness (QED) is 0.675.